The number of unbranched alkanes of at least 4 members (excludes halogenated alkanes) is 12. The van der Waals surface area contributed by atoms with E-state index in [4.69, 9.17) is 10.5 Å². The normalized spacial score (nSPS) is 12.7. The Hall–Kier alpha value is -0.830. The molecule has 0 aromatic heterocycles. The van der Waals surface area contributed by atoms with Crippen LogP contribution in [-0.4, -0.2) is 12.2 Å². The van der Waals surface area contributed by atoms with E-state index in [1.807, 2.05) is 6.08 Å². The van der Waals surface area contributed by atoms with Gasteiger partial charge in [-0.3, -0.25) is 10.5 Å². The molecule has 0 radical (unpaired) electrons. The van der Waals surface area contributed by atoms with Crippen LogP contribution in [0.1, 0.15) is 97.3 Å². The zero-order valence-corrected chi connectivity index (χ0v) is 14.8. The third-order valence-corrected chi connectivity index (χ3v) is 3.85. The van der Waals surface area contributed by atoms with Crippen LogP contribution in [0, 0.1) is 0 Å². The minimum absolute atomic E-state index is 0.331. The summed E-state index contributed by atoms with van der Waals surface area (Å²) in [6.45, 7) is 3.64. The van der Waals surface area contributed by atoms with E-state index < -0.39 is 6.23 Å². The van der Waals surface area contributed by atoms with Crippen molar-refractivity contribution in [3.8, 4) is 0 Å². The Morgan fingerprint density at radius 1 is 0.909 bits per heavy atom. The number of hydrogen-bond acceptors (Lipinski definition) is 3. The van der Waals surface area contributed by atoms with Crippen LogP contribution in [-0.2, 0) is 9.53 Å². The monoisotopic (exact) mass is 311 g/mol. The molecule has 0 aliphatic heterocycles. The van der Waals surface area contributed by atoms with Crippen molar-refractivity contribution in [1.82, 2.24) is 0 Å². The summed E-state index contributed by atoms with van der Waals surface area (Å²) >= 11 is 0. The highest BCUT2D eigenvalue weighted by Crippen LogP contribution is 2.12. The summed E-state index contributed by atoms with van der Waals surface area (Å²) in [5, 5.41) is 0. The maximum Gasteiger partial charge on any atom is 0.304 e. The van der Waals surface area contributed by atoms with Gasteiger partial charge in [0.25, 0.3) is 0 Å². The first-order valence-electron chi connectivity index (χ1n) is 9.26. The summed E-state index contributed by atoms with van der Waals surface area (Å²) in [5.74, 6) is -0.331. The van der Waals surface area contributed by atoms with Crippen LogP contribution in [0.4, 0.5) is 0 Å². The van der Waals surface area contributed by atoms with Gasteiger partial charge in [0.15, 0.2) is 6.23 Å². The highest BCUT2D eigenvalue weighted by Gasteiger charge is 1.99. The first-order chi connectivity index (χ1) is 10.7. The topological polar surface area (TPSA) is 52.3 Å². The van der Waals surface area contributed by atoms with Crippen molar-refractivity contribution in [2.75, 3.05) is 0 Å². The Morgan fingerprint density at radius 2 is 1.36 bits per heavy atom. The zero-order chi connectivity index (χ0) is 16.5. The SMILES string of the molecule is CCCCCCCCCCCCCC/C=C/C(N)OC(C)=O. The molecule has 0 aromatic rings. The van der Waals surface area contributed by atoms with Gasteiger partial charge >= 0.3 is 5.97 Å². The second-order valence-corrected chi connectivity index (χ2v) is 6.18. The molecular formula is C19H37NO2. The lowest BCUT2D eigenvalue weighted by atomic mass is 10.0. The molecule has 22 heavy (non-hydrogen) atoms. The first-order valence-corrected chi connectivity index (χ1v) is 9.26. The first kappa shape index (κ1) is 21.2. The molecule has 3 nitrogen and oxygen atoms in total. The van der Waals surface area contributed by atoms with Crippen molar-refractivity contribution < 1.29 is 9.53 Å². The van der Waals surface area contributed by atoms with Crippen LogP contribution in [0.15, 0.2) is 12.2 Å². The number of esters is 1. The van der Waals surface area contributed by atoms with Crippen molar-refractivity contribution in [1.29, 1.82) is 0 Å². The molecule has 2 N–H and O–H groups in total. The zero-order valence-electron chi connectivity index (χ0n) is 14.8. The quantitative estimate of drug-likeness (QED) is 0.188. The van der Waals surface area contributed by atoms with Crippen LogP contribution < -0.4 is 5.73 Å². The molecule has 130 valence electrons. The average Bonchev–Trinajstić information content (AvgIpc) is 2.47. The number of carbonyl (C=O) groups excluding carboxylic acids is 1. The van der Waals surface area contributed by atoms with Gasteiger partial charge in [-0.1, -0.05) is 83.6 Å². The van der Waals surface area contributed by atoms with Crippen LogP contribution in [0.5, 0.6) is 0 Å². The molecule has 0 aliphatic carbocycles. The summed E-state index contributed by atoms with van der Waals surface area (Å²) in [5.41, 5.74) is 5.59. The third kappa shape index (κ3) is 17.2. The van der Waals surface area contributed by atoms with Crippen LogP contribution in [0.25, 0.3) is 0 Å². The van der Waals surface area contributed by atoms with Crippen LogP contribution >= 0.6 is 0 Å². The fourth-order valence-electron chi connectivity index (χ4n) is 2.56. The van der Waals surface area contributed by atoms with Gasteiger partial charge in [-0.15, -0.1) is 0 Å². The second-order valence-electron chi connectivity index (χ2n) is 6.18. The maximum atomic E-state index is 10.7. The molecule has 0 aliphatic rings. The molecular weight excluding hydrogens is 274 g/mol. The minimum atomic E-state index is -0.588. The van der Waals surface area contributed by atoms with E-state index >= 15 is 0 Å². The second kappa shape index (κ2) is 16.5. The fourth-order valence-corrected chi connectivity index (χ4v) is 2.56. The molecule has 0 fully saturated rings. The molecule has 0 spiro atoms. The Kier molecular flexibility index (Phi) is 15.9. The fraction of sp³-hybridized carbons (Fsp3) is 0.842. The van der Waals surface area contributed by atoms with E-state index in [1.165, 1.54) is 84.0 Å². The summed E-state index contributed by atoms with van der Waals surface area (Å²) in [6.07, 6.45) is 20.6. The Morgan fingerprint density at radius 3 is 1.82 bits per heavy atom. The number of rotatable bonds is 15. The summed E-state index contributed by atoms with van der Waals surface area (Å²) in [6, 6.07) is 0. The van der Waals surface area contributed by atoms with Gasteiger partial charge in [-0.05, 0) is 18.9 Å². The van der Waals surface area contributed by atoms with Gasteiger partial charge in [-0.25, -0.2) is 0 Å². The van der Waals surface area contributed by atoms with E-state index in [2.05, 4.69) is 6.92 Å². The van der Waals surface area contributed by atoms with Gasteiger partial charge in [0.1, 0.15) is 0 Å². The van der Waals surface area contributed by atoms with Crippen molar-refractivity contribution in [3.63, 3.8) is 0 Å². The molecule has 1 unspecified atom stereocenters. The Bertz CT molecular complexity index is 277. The lowest BCUT2D eigenvalue weighted by molar-refractivity contribution is -0.143. The predicted octanol–water partition coefficient (Wildman–Crippen LogP) is 5.48. The Labute approximate surface area is 137 Å². The van der Waals surface area contributed by atoms with Gasteiger partial charge in [0.2, 0.25) is 0 Å². The minimum Gasteiger partial charge on any atom is -0.443 e. The van der Waals surface area contributed by atoms with Crippen molar-refractivity contribution in [2.45, 2.75) is 104 Å². The lowest BCUT2D eigenvalue weighted by Gasteiger charge is -2.05. The predicted molar refractivity (Wildman–Crippen MR) is 94.6 cm³/mol. The summed E-state index contributed by atoms with van der Waals surface area (Å²) in [4.78, 5) is 10.7. The van der Waals surface area contributed by atoms with E-state index in [-0.39, 0.29) is 5.97 Å². The van der Waals surface area contributed by atoms with Crippen molar-refractivity contribution in [2.24, 2.45) is 5.73 Å². The number of allylic oxidation sites excluding steroid dienone is 1. The smallest absolute Gasteiger partial charge is 0.304 e. The van der Waals surface area contributed by atoms with E-state index in [1.54, 1.807) is 6.08 Å². The molecule has 0 rings (SSSR count). The van der Waals surface area contributed by atoms with Crippen molar-refractivity contribution >= 4 is 5.97 Å². The highest BCUT2D eigenvalue weighted by molar-refractivity contribution is 5.66. The van der Waals surface area contributed by atoms with Crippen LogP contribution in [0.3, 0.4) is 0 Å². The highest BCUT2D eigenvalue weighted by atomic mass is 16.5. The number of ether oxygens (including phenoxy) is 1. The molecule has 0 heterocycles. The third-order valence-electron chi connectivity index (χ3n) is 3.85. The Balaban J connectivity index is 3.17. The van der Waals surface area contributed by atoms with Gasteiger partial charge in [0, 0.05) is 6.92 Å². The van der Waals surface area contributed by atoms with E-state index in [0.29, 0.717) is 0 Å². The van der Waals surface area contributed by atoms with Crippen LogP contribution in [0.2, 0.25) is 0 Å². The maximum absolute atomic E-state index is 10.7. The largest absolute Gasteiger partial charge is 0.443 e. The molecule has 0 bridgehead atoms. The molecule has 1 atom stereocenters. The molecule has 0 amide bonds. The van der Waals surface area contributed by atoms with Gasteiger partial charge in [0.05, 0.1) is 0 Å². The average molecular weight is 312 g/mol. The van der Waals surface area contributed by atoms with E-state index in [9.17, 15) is 4.79 Å². The summed E-state index contributed by atoms with van der Waals surface area (Å²) < 4.78 is 4.82. The molecule has 3 heteroatoms. The van der Waals surface area contributed by atoms with E-state index in [0.717, 1.165) is 6.42 Å². The lowest BCUT2D eigenvalue weighted by Crippen LogP contribution is -2.23. The standard InChI is InChI=1S/C19H37NO2/c1-3-4-5-6-7-8-9-10-11-12-13-14-15-16-17-19(20)22-18(2)21/h16-17,19H,3-15,20H2,1-2H3/b17-16+. The van der Waals surface area contributed by atoms with Crippen molar-refractivity contribution in [3.05, 3.63) is 12.2 Å². The van der Waals surface area contributed by atoms with Gasteiger partial charge in [-0.2, -0.15) is 0 Å². The number of nitrogens with two attached hydrogens (primary N) is 1. The molecule has 0 saturated heterocycles. The van der Waals surface area contributed by atoms with Gasteiger partial charge < -0.3 is 4.74 Å². The molecule has 0 aromatic carbocycles. The molecule has 0 saturated carbocycles. The number of hydrogen-bond donors (Lipinski definition) is 1. The number of carbonyl (C=O) groups is 1. The summed E-state index contributed by atoms with van der Waals surface area (Å²) in [7, 11) is 0.